The molecule has 2 aromatic heterocycles. The van der Waals surface area contributed by atoms with Crippen LogP contribution in [0.2, 0.25) is 0 Å². The van der Waals surface area contributed by atoms with Gasteiger partial charge in [0.05, 0.1) is 11.4 Å². The van der Waals surface area contributed by atoms with Crippen LogP contribution in [0.1, 0.15) is 63.2 Å². The average Bonchev–Trinajstić information content (AvgIpc) is 3.40. The minimum absolute atomic E-state index is 0.0957. The van der Waals surface area contributed by atoms with Crippen LogP contribution in [0.4, 0.5) is 0 Å². The zero-order chi connectivity index (χ0) is 29.9. The highest BCUT2D eigenvalue weighted by atomic mass is 16.5. The van der Waals surface area contributed by atoms with Crippen molar-refractivity contribution in [2.75, 3.05) is 0 Å². The Morgan fingerprint density at radius 3 is 2.33 bits per heavy atom. The second-order valence-corrected chi connectivity index (χ2v) is 11.4. The van der Waals surface area contributed by atoms with Gasteiger partial charge >= 0.3 is 5.76 Å². The summed E-state index contributed by atoms with van der Waals surface area (Å²) in [5.41, 5.74) is 5.26. The van der Waals surface area contributed by atoms with Gasteiger partial charge in [-0.25, -0.2) is 9.78 Å². The third-order valence-electron chi connectivity index (χ3n) is 6.96. The molecule has 1 N–H and O–H groups in total. The van der Waals surface area contributed by atoms with E-state index in [0.717, 1.165) is 52.2 Å². The van der Waals surface area contributed by atoms with E-state index in [9.17, 15) is 9.59 Å². The van der Waals surface area contributed by atoms with Gasteiger partial charge in [0.25, 0.3) is 5.56 Å². The standard InChI is InChI=1S/C34H36N4O4/c1-6-7-13-30-29(32(39)38(22(2)35-30)25-15-17-26(18-16-25)41-34(3,4)5)21-23-14-19-27(24-11-9-8-10-12-24)28(20-23)31-36-33(40)42-37-31/h8-12,14-20H,6-7,13,21H2,1-5H3,(H,36,37,40). The van der Waals surface area contributed by atoms with Crippen molar-refractivity contribution in [2.45, 2.75) is 65.9 Å². The fourth-order valence-electron chi connectivity index (χ4n) is 5.08. The quantitative estimate of drug-likeness (QED) is 0.215. The van der Waals surface area contributed by atoms with Gasteiger partial charge in [0.1, 0.15) is 17.2 Å². The first-order valence-corrected chi connectivity index (χ1v) is 14.3. The number of rotatable bonds is 9. The molecule has 8 heteroatoms. The van der Waals surface area contributed by atoms with Crippen LogP contribution in [-0.4, -0.2) is 25.3 Å². The van der Waals surface area contributed by atoms with Gasteiger partial charge in [-0.05, 0) is 87.6 Å². The van der Waals surface area contributed by atoms with E-state index in [1.165, 1.54) is 0 Å². The Kier molecular flexibility index (Phi) is 8.24. The van der Waals surface area contributed by atoms with Crippen LogP contribution in [0, 0.1) is 6.92 Å². The second-order valence-electron chi connectivity index (χ2n) is 11.4. The summed E-state index contributed by atoms with van der Waals surface area (Å²) >= 11 is 0. The van der Waals surface area contributed by atoms with Gasteiger partial charge in [-0.3, -0.25) is 18.9 Å². The summed E-state index contributed by atoms with van der Waals surface area (Å²) in [7, 11) is 0. The summed E-state index contributed by atoms with van der Waals surface area (Å²) in [4.78, 5) is 33.6. The largest absolute Gasteiger partial charge is 0.488 e. The Morgan fingerprint density at radius 1 is 0.952 bits per heavy atom. The summed E-state index contributed by atoms with van der Waals surface area (Å²) in [5.74, 6) is 1.09. The first kappa shape index (κ1) is 28.8. The van der Waals surface area contributed by atoms with E-state index in [1.54, 1.807) is 4.57 Å². The fourth-order valence-corrected chi connectivity index (χ4v) is 5.08. The maximum atomic E-state index is 14.2. The normalized spacial score (nSPS) is 11.5. The number of aryl methyl sites for hydroxylation is 2. The molecule has 0 radical (unpaired) electrons. The van der Waals surface area contributed by atoms with Crippen molar-refractivity contribution in [3.05, 3.63) is 116 Å². The summed E-state index contributed by atoms with van der Waals surface area (Å²) in [6.45, 7) is 9.99. The molecule has 5 aromatic rings. The molecule has 0 spiro atoms. The molecule has 8 nitrogen and oxygen atoms in total. The molecule has 0 fully saturated rings. The highest BCUT2D eigenvalue weighted by molar-refractivity contribution is 5.81. The Labute approximate surface area is 245 Å². The van der Waals surface area contributed by atoms with Crippen LogP contribution < -0.4 is 16.1 Å². The molecule has 0 unspecified atom stereocenters. The van der Waals surface area contributed by atoms with Crippen LogP contribution in [-0.2, 0) is 12.8 Å². The first-order chi connectivity index (χ1) is 20.1. The van der Waals surface area contributed by atoms with E-state index in [2.05, 4.69) is 17.1 Å². The summed E-state index contributed by atoms with van der Waals surface area (Å²) in [6.07, 6.45) is 3.02. The molecule has 0 saturated carbocycles. The van der Waals surface area contributed by atoms with Crippen molar-refractivity contribution in [3.63, 3.8) is 0 Å². The van der Waals surface area contributed by atoms with E-state index in [0.29, 0.717) is 30.1 Å². The number of H-pyrrole nitrogens is 1. The third-order valence-corrected chi connectivity index (χ3v) is 6.96. The Morgan fingerprint density at radius 2 is 1.69 bits per heavy atom. The lowest BCUT2D eigenvalue weighted by Gasteiger charge is -2.21. The molecular weight excluding hydrogens is 528 g/mol. The molecule has 216 valence electrons. The lowest BCUT2D eigenvalue weighted by atomic mass is 9.94. The molecule has 0 aliphatic heterocycles. The summed E-state index contributed by atoms with van der Waals surface area (Å²) in [5, 5.41) is 3.96. The van der Waals surface area contributed by atoms with Gasteiger partial charge < -0.3 is 4.74 Å². The Balaban J connectivity index is 1.59. The van der Waals surface area contributed by atoms with Gasteiger partial charge in [0, 0.05) is 17.5 Å². The Hall–Kier alpha value is -4.72. The smallest absolute Gasteiger partial charge is 0.439 e. The van der Waals surface area contributed by atoms with Gasteiger partial charge in [-0.15, -0.1) is 0 Å². The number of aromatic nitrogens is 4. The molecule has 0 amide bonds. The molecule has 2 heterocycles. The number of unbranched alkanes of at least 4 members (excludes halogenated alkanes) is 1. The van der Waals surface area contributed by atoms with Crippen LogP contribution in [0.15, 0.2) is 86.9 Å². The van der Waals surface area contributed by atoms with Crippen molar-refractivity contribution in [3.8, 4) is 34.0 Å². The maximum absolute atomic E-state index is 14.2. The van der Waals surface area contributed by atoms with Crippen molar-refractivity contribution < 1.29 is 9.26 Å². The number of hydrogen-bond donors (Lipinski definition) is 1. The highest BCUT2D eigenvalue weighted by Crippen LogP contribution is 2.31. The lowest BCUT2D eigenvalue weighted by molar-refractivity contribution is 0.131. The van der Waals surface area contributed by atoms with Crippen LogP contribution in [0.25, 0.3) is 28.2 Å². The highest BCUT2D eigenvalue weighted by Gasteiger charge is 2.19. The minimum Gasteiger partial charge on any atom is -0.488 e. The van der Waals surface area contributed by atoms with Crippen molar-refractivity contribution in [2.24, 2.45) is 0 Å². The average molecular weight is 565 g/mol. The first-order valence-electron chi connectivity index (χ1n) is 14.3. The van der Waals surface area contributed by atoms with Gasteiger partial charge in [0.2, 0.25) is 0 Å². The van der Waals surface area contributed by atoms with E-state index in [4.69, 9.17) is 14.2 Å². The summed E-state index contributed by atoms with van der Waals surface area (Å²) in [6, 6.07) is 23.4. The number of nitrogens with zero attached hydrogens (tertiary/aromatic N) is 3. The molecule has 0 aliphatic carbocycles. The summed E-state index contributed by atoms with van der Waals surface area (Å²) < 4.78 is 12.5. The van der Waals surface area contributed by atoms with Crippen LogP contribution >= 0.6 is 0 Å². The molecule has 3 aromatic carbocycles. The molecule has 5 rings (SSSR count). The molecule has 0 saturated heterocycles. The van der Waals surface area contributed by atoms with Gasteiger partial charge in [-0.2, -0.15) is 0 Å². The second kappa shape index (κ2) is 12.0. The van der Waals surface area contributed by atoms with Crippen LogP contribution in [0.5, 0.6) is 5.75 Å². The molecule has 42 heavy (non-hydrogen) atoms. The van der Waals surface area contributed by atoms with E-state index >= 15 is 0 Å². The molecular formula is C34H36N4O4. The van der Waals surface area contributed by atoms with E-state index < -0.39 is 5.76 Å². The Bertz CT molecular complexity index is 1790. The SMILES string of the molecule is CCCCc1nc(C)n(-c2ccc(OC(C)(C)C)cc2)c(=O)c1Cc1ccc(-c2ccccc2)c(-c2noc(=O)[nH]2)c1. The molecule has 0 aliphatic rings. The zero-order valence-corrected chi connectivity index (χ0v) is 24.7. The fraction of sp³-hybridized carbons (Fsp3) is 0.294. The van der Waals surface area contributed by atoms with Crippen LogP contribution in [0.3, 0.4) is 0 Å². The van der Waals surface area contributed by atoms with Gasteiger partial charge in [-0.1, -0.05) is 61.0 Å². The lowest BCUT2D eigenvalue weighted by Crippen LogP contribution is -2.28. The van der Waals surface area contributed by atoms with E-state index in [-0.39, 0.29) is 11.2 Å². The number of aromatic amines is 1. The predicted octanol–water partition coefficient (Wildman–Crippen LogP) is 6.66. The van der Waals surface area contributed by atoms with Gasteiger partial charge in [0.15, 0.2) is 5.82 Å². The van der Waals surface area contributed by atoms with Crippen molar-refractivity contribution in [1.82, 2.24) is 19.7 Å². The monoisotopic (exact) mass is 564 g/mol. The van der Waals surface area contributed by atoms with Crippen molar-refractivity contribution in [1.29, 1.82) is 0 Å². The minimum atomic E-state index is -0.624. The third kappa shape index (κ3) is 6.43. The van der Waals surface area contributed by atoms with Crippen molar-refractivity contribution >= 4 is 0 Å². The zero-order valence-electron chi connectivity index (χ0n) is 24.7. The number of hydrogen-bond acceptors (Lipinski definition) is 6. The number of ether oxygens (including phenoxy) is 1. The van der Waals surface area contributed by atoms with E-state index in [1.807, 2.05) is 100 Å². The topological polar surface area (TPSA) is 103 Å². The maximum Gasteiger partial charge on any atom is 0.439 e. The number of benzene rings is 3. The molecule has 0 bridgehead atoms. The molecule has 0 atom stereocenters. The number of nitrogens with one attached hydrogen (secondary N) is 1. The predicted molar refractivity (Wildman–Crippen MR) is 164 cm³/mol.